The molecule has 0 amide bonds. The van der Waals surface area contributed by atoms with Gasteiger partial charge in [0.2, 0.25) is 5.28 Å². The molecule has 2 atom stereocenters. The zero-order valence-electron chi connectivity index (χ0n) is 19.4. The molecule has 4 rings (SSSR count). The van der Waals surface area contributed by atoms with Crippen LogP contribution in [0.25, 0.3) is 0 Å². The Morgan fingerprint density at radius 3 is 2.91 bits per heavy atom. The molecule has 1 fully saturated rings. The van der Waals surface area contributed by atoms with E-state index in [9.17, 15) is 10.0 Å². The van der Waals surface area contributed by atoms with Crippen LogP contribution in [0.3, 0.4) is 0 Å². The summed E-state index contributed by atoms with van der Waals surface area (Å²) in [4.78, 5) is 23.0. The predicted octanol–water partition coefficient (Wildman–Crippen LogP) is 5.03. The van der Waals surface area contributed by atoms with Gasteiger partial charge in [-0.15, -0.1) is 5.01 Å². The molecule has 182 valence electrons. The molecule has 0 spiro atoms. The highest BCUT2D eigenvalue weighted by molar-refractivity contribution is 6.30. The summed E-state index contributed by atoms with van der Waals surface area (Å²) in [6.07, 6.45) is 5.48. The number of carbonyl (C=O) groups excluding carboxylic acids is 1. The quantitative estimate of drug-likeness (QED) is 0.160. The summed E-state index contributed by atoms with van der Waals surface area (Å²) in [5.74, 6) is -0.135. The fourth-order valence-electron chi connectivity index (χ4n) is 4.25. The van der Waals surface area contributed by atoms with Crippen molar-refractivity contribution in [2.45, 2.75) is 64.7 Å². The Balaban J connectivity index is 1.48. The fourth-order valence-corrected chi connectivity index (χ4v) is 4.38. The number of esters is 1. The number of hydrogen-bond donors (Lipinski definition) is 0. The van der Waals surface area contributed by atoms with Crippen LogP contribution in [0, 0.1) is 12.1 Å². The molecule has 2 aromatic rings. The van der Waals surface area contributed by atoms with Crippen LogP contribution >= 0.6 is 11.6 Å². The third kappa shape index (κ3) is 5.26. The van der Waals surface area contributed by atoms with E-state index in [0.29, 0.717) is 47.4 Å². The van der Waals surface area contributed by atoms with E-state index < -0.39 is 12.0 Å². The summed E-state index contributed by atoms with van der Waals surface area (Å²) in [7, 11) is 0. The Labute approximate surface area is 203 Å². The third-order valence-electron chi connectivity index (χ3n) is 6.08. The van der Waals surface area contributed by atoms with Crippen molar-refractivity contribution in [3.8, 4) is 5.75 Å². The van der Waals surface area contributed by atoms with Crippen molar-refractivity contribution in [1.82, 2.24) is 9.99 Å². The average molecular weight is 489 g/mol. The van der Waals surface area contributed by atoms with Crippen LogP contribution in [0.4, 0.5) is 0 Å². The topological polar surface area (TPSA) is 99.3 Å². The highest BCUT2D eigenvalue weighted by atomic mass is 35.5. The molecule has 2 aliphatic rings. The number of carbonyl (C=O) groups is 1. The molecule has 0 unspecified atom stereocenters. The van der Waals surface area contributed by atoms with Gasteiger partial charge >= 0.3 is 5.97 Å². The minimum atomic E-state index is -0.745. The Morgan fingerprint density at radius 1 is 1.35 bits per heavy atom. The van der Waals surface area contributed by atoms with Crippen LogP contribution < -0.4 is 4.74 Å². The largest absolute Gasteiger partial charge is 0.569 e. The minimum absolute atomic E-state index is 0.289. The number of pyridine rings is 1. The second-order valence-corrected chi connectivity index (χ2v) is 8.90. The van der Waals surface area contributed by atoms with E-state index in [-0.39, 0.29) is 12.7 Å². The maximum Gasteiger partial charge on any atom is 0.340 e. The Bertz CT molecular complexity index is 1050. The van der Waals surface area contributed by atoms with Gasteiger partial charge in [-0.3, -0.25) is 4.98 Å². The summed E-state index contributed by atoms with van der Waals surface area (Å²) >= 11 is 6.01. The van der Waals surface area contributed by atoms with Crippen LogP contribution in [0.5, 0.6) is 5.75 Å². The van der Waals surface area contributed by atoms with Gasteiger partial charge in [-0.1, -0.05) is 43.5 Å². The Kier molecular flexibility index (Phi) is 7.84. The molecule has 1 saturated heterocycles. The molecule has 1 aromatic carbocycles. The van der Waals surface area contributed by atoms with Gasteiger partial charge in [-0.05, 0) is 43.9 Å². The maximum absolute atomic E-state index is 13.1. The number of rotatable bonds is 9. The molecule has 0 radical (unpaired) electrons. The van der Waals surface area contributed by atoms with Gasteiger partial charge in [-0.2, -0.15) is 0 Å². The van der Waals surface area contributed by atoms with Crippen LogP contribution in [0.2, 0.25) is 5.02 Å². The van der Waals surface area contributed by atoms with Crippen LogP contribution in [0.15, 0.2) is 35.7 Å². The Morgan fingerprint density at radius 2 is 2.15 bits per heavy atom. The number of ether oxygens (including phenoxy) is 2. The second kappa shape index (κ2) is 11.0. The lowest BCUT2D eigenvalue weighted by molar-refractivity contribution is -0.712. The van der Waals surface area contributed by atoms with Gasteiger partial charge in [0, 0.05) is 22.3 Å². The van der Waals surface area contributed by atoms with Crippen molar-refractivity contribution < 1.29 is 24.1 Å². The highest BCUT2D eigenvalue weighted by Gasteiger charge is 2.40. The van der Waals surface area contributed by atoms with Crippen molar-refractivity contribution >= 4 is 17.6 Å². The van der Waals surface area contributed by atoms with Crippen molar-refractivity contribution in [2.75, 3.05) is 13.2 Å². The van der Waals surface area contributed by atoms with Crippen molar-refractivity contribution in [1.29, 1.82) is 0 Å². The Hall–Kier alpha value is -2.91. The van der Waals surface area contributed by atoms with Gasteiger partial charge in [0.05, 0.1) is 23.8 Å². The number of aryl methyl sites for hydroxylation is 1. The lowest BCUT2D eigenvalue weighted by Crippen LogP contribution is -2.42. The average Bonchev–Trinajstić information content (AvgIpc) is 3.49. The van der Waals surface area contributed by atoms with E-state index in [1.807, 2.05) is 24.3 Å². The molecule has 34 heavy (non-hydrogen) atoms. The third-order valence-corrected chi connectivity index (χ3v) is 6.34. The number of hydrogen-bond acceptors (Lipinski definition) is 7. The first-order valence-electron chi connectivity index (χ1n) is 11.6. The number of nitrogens with zero attached hydrogens (tertiary/aromatic N) is 4. The van der Waals surface area contributed by atoms with Crippen LogP contribution in [-0.2, 0) is 21.0 Å². The van der Waals surface area contributed by atoms with E-state index in [1.54, 1.807) is 13.1 Å². The number of hydrazine groups is 1. The van der Waals surface area contributed by atoms with E-state index >= 15 is 0 Å². The van der Waals surface area contributed by atoms with Crippen molar-refractivity contribution in [2.24, 2.45) is 5.28 Å². The number of benzene rings is 1. The van der Waals surface area contributed by atoms with Gasteiger partial charge in [0.15, 0.2) is 11.8 Å². The lowest BCUT2D eigenvalue weighted by Gasteiger charge is -2.20. The standard InChI is InChI=1S/C24H29ClN4O5/c1-3-4-5-13-33-27-29(31)28-12-6-7-21(28)24(30)34-22-16(2)26-14-19-20(22)15-32-23(19)17-8-10-18(25)11-9-17/h8-11,14,21,23H,3-7,12-13,15H2,1-2H3/b29-27-/t21-,23-/m0/s1. The predicted molar refractivity (Wildman–Crippen MR) is 124 cm³/mol. The summed E-state index contributed by atoms with van der Waals surface area (Å²) in [5.41, 5.74) is 3.16. The summed E-state index contributed by atoms with van der Waals surface area (Å²) in [5, 5.41) is 18.0. The first-order valence-corrected chi connectivity index (χ1v) is 12.0. The van der Waals surface area contributed by atoms with Gasteiger partial charge < -0.3 is 19.5 Å². The fraction of sp³-hybridized carbons (Fsp3) is 0.500. The smallest absolute Gasteiger partial charge is 0.340 e. The first kappa shape index (κ1) is 24.2. The maximum atomic E-state index is 13.1. The molecule has 3 heterocycles. The summed E-state index contributed by atoms with van der Waals surface area (Å²) < 4.78 is 11.8. The summed E-state index contributed by atoms with van der Waals surface area (Å²) in [6.45, 7) is 4.92. The number of halogens is 1. The first-order chi connectivity index (χ1) is 16.5. The van der Waals surface area contributed by atoms with Gasteiger partial charge in [0.1, 0.15) is 12.7 Å². The molecule has 1 aromatic heterocycles. The van der Waals surface area contributed by atoms with E-state index in [2.05, 4.69) is 17.2 Å². The molecule has 9 nitrogen and oxygen atoms in total. The zero-order chi connectivity index (χ0) is 24.1. The highest BCUT2D eigenvalue weighted by Crippen LogP contribution is 2.41. The van der Waals surface area contributed by atoms with Gasteiger partial charge in [0.25, 0.3) is 0 Å². The molecular formula is C24H29ClN4O5. The van der Waals surface area contributed by atoms with E-state index in [0.717, 1.165) is 36.0 Å². The van der Waals surface area contributed by atoms with Crippen LogP contribution in [-0.4, -0.2) is 40.1 Å². The van der Waals surface area contributed by atoms with E-state index in [1.165, 1.54) is 5.01 Å². The molecular weight excluding hydrogens is 460 g/mol. The second-order valence-electron chi connectivity index (χ2n) is 8.47. The van der Waals surface area contributed by atoms with Crippen molar-refractivity contribution in [3.05, 3.63) is 63.1 Å². The molecule has 10 heteroatoms. The molecule has 0 bridgehead atoms. The normalized spacial score (nSPS) is 19.9. The molecule has 0 aliphatic carbocycles. The van der Waals surface area contributed by atoms with Crippen LogP contribution in [0.1, 0.15) is 67.5 Å². The SMILES string of the molecule is CCCCCO/N=[N+](\[O-])N1CCC[C@H]1C(=O)Oc1c(C)ncc2c1CO[C@H]2c1ccc(Cl)cc1. The number of aromatic nitrogens is 1. The molecule has 0 N–H and O–H groups in total. The molecule has 2 aliphatic heterocycles. The summed E-state index contributed by atoms with van der Waals surface area (Å²) in [6, 6.07) is 6.68. The molecule has 0 saturated carbocycles. The zero-order valence-corrected chi connectivity index (χ0v) is 20.2. The monoisotopic (exact) mass is 488 g/mol. The number of unbranched alkanes of at least 4 members (excludes halogenated alkanes) is 2. The minimum Gasteiger partial charge on any atom is -0.569 e. The number of fused-ring (bicyclic) bond motifs is 1. The van der Waals surface area contributed by atoms with Gasteiger partial charge in [-0.25, -0.2) is 4.79 Å². The van der Waals surface area contributed by atoms with E-state index in [4.69, 9.17) is 25.9 Å². The lowest BCUT2D eigenvalue weighted by atomic mass is 10.0. The van der Waals surface area contributed by atoms with Crippen molar-refractivity contribution in [3.63, 3.8) is 0 Å².